The Morgan fingerprint density at radius 3 is 2.65 bits per heavy atom. The van der Waals surface area contributed by atoms with E-state index in [0.29, 0.717) is 16.7 Å². The monoisotopic (exact) mass is 312 g/mol. The van der Waals surface area contributed by atoms with E-state index in [1.807, 2.05) is 6.07 Å². The quantitative estimate of drug-likeness (QED) is 0.928. The number of hydrogen-bond acceptors (Lipinski definition) is 4. The molecule has 2 unspecified atom stereocenters. The molecule has 0 spiro atoms. The van der Waals surface area contributed by atoms with Crippen LogP contribution in [0.1, 0.15) is 44.4 Å². The van der Waals surface area contributed by atoms with Crippen molar-refractivity contribution in [2.75, 3.05) is 0 Å². The van der Waals surface area contributed by atoms with Crippen LogP contribution in [0.4, 0.5) is 0 Å². The van der Waals surface area contributed by atoms with Crippen molar-refractivity contribution in [3.63, 3.8) is 0 Å². The van der Waals surface area contributed by atoms with Crippen LogP contribution < -0.4 is 4.72 Å². The van der Waals surface area contributed by atoms with Crippen molar-refractivity contribution >= 4 is 21.4 Å². The minimum absolute atomic E-state index is 0.0152. The molecule has 1 aromatic heterocycles. The summed E-state index contributed by atoms with van der Waals surface area (Å²) in [5, 5.41) is 8.80. The lowest BCUT2D eigenvalue weighted by Crippen LogP contribution is -2.43. The fourth-order valence-corrected chi connectivity index (χ4v) is 5.33. The van der Waals surface area contributed by atoms with Gasteiger partial charge in [0.25, 0.3) is 0 Å². The molecule has 2 rings (SSSR count). The van der Waals surface area contributed by atoms with Gasteiger partial charge in [0, 0.05) is 6.04 Å². The summed E-state index contributed by atoms with van der Waals surface area (Å²) >= 11 is 1.03. The minimum Gasteiger partial charge on any atom is -0.207 e. The van der Waals surface area contributed by atoms with E-state index in [0.717, 1.165) is 30.6 Å². The van der Waals surface area contributed by atoms with Gasteiger partial charge in [0.05, 0.1) is 0 Å². The minimum atomic E-state index is -3.50. The summed E-state index contributed by atoms with van der Waals surface area (Å²) in [6, 6.07) is 5.06. The third-order valence-corrected chi connectivity index (χ3v) is 6.91. The van der Waals surface area contributed by atoms with Gasteiger partial charge in [-0.25, -0.2) is 13.1 Å². The van der Waals surface area contributed by atoms with Gasteiger partial charge in [-0.2, -0.15) is 5.26 Å². The molecule has 4 nitrogen and oxygen atoms in total. The second kappa shape index (κ2) is 6.25. The van der Waals surface area contributed by atoms with Crippen LogP contribution in [-0.2, 0) is 10.0 Å². The number of nitriles is 1. The van der Waals surface area contributed by atoms with Crippen LogP contribution in [0, 0.1) is 23.2 Å². The Kier molecular flexibility index (Phi) is 4.84. The van der Waals surface area contributed by atoms with Crippen molar-refractivity contribution in [1.82, 2.24) is 4.72 Å². The van der Waals surface area contributed by atoms with Gasteiger partial charge in [0.1, 0.15) is 15.2 Å². The number of rotatable bonds is 4. The summed E-state index contributed by atoms with van der Waals surface area (Å²) in [5.41, 5.74) is 0. The van der Waals surface area contributed by atoms with E-state index in [4.69, 9.17) is 5.26 Å². The molecule has 1 N–H and O–H groups in total. The fourth-order valence-electron chi connectivity index (χ4n) is 2.89. The van der Waals surface area contributed by atoms with E-state index < -0.39 is 10.0 Å². The molecule has 1 aliphatic carbocycles. The summed E-state index contributed by atoms with van der Waals surface area (Å²) in [6.45, 7) is 4.30. The van der Waals surface area contributed by atoms with Crippen molar-refractivity contribution in [2.45, 2.75) is 49.8 Å². The lowest BCUT2D eigenvalue weighted by molar-refractivity contribution is 0.226. The van der Waals surface area contributed by atoms with Crippen LogP contribution in [0.5, 0.6) is 0 Å². The maximum atomic E-state index is 12.4. The van der Waals surface area contributed by atoms with Crippen LogP contribution in [0.3, 0.4) is 0 Å². The molecule has 0 radical (unpaired) electrons. The Balaban J connectivity index is 2.16. The first-order valence-electron chi connectivity index (χ1n) is 6.96. The van der Waals surface area contributed by atoms with E-state index >= 15 is 0 Å². The second-order valence-electron chi connectivity index (χ2n) is 5.65. The van der Waals surface area contributed by atoms with E-state index in [9.17, 15) is 8.42 Å². The average molecular weight is 312 g/mol. The molecular formula is C14H20N2O2S2. The zero-order valence-corrected chi connectivity index (χ0v) is 13.4. The largest absolute Gasteiger partial charge is 0.250 e. The number of nitrogens with one attached hydrogen (secondary N) is 1. The summed E-state index contributed by atoms with van der Waals surface area (Å²) in [7, 11) is -3.50. The Morgan fingerprint density at radius 1 is 1.35 bits per heavy atom. The molecule has 110 valence electrons. The molecule has 0 aliphatic heterocycles. The fraction of sp³-hybridized carbons (Fsp3) is 0.643. The highest BCUT2D eigenvalue weighted by molar-refractivity contribution is 7.91. The van der Waals surface area contributed by atoms with Gasteiger partial charge in [-0.05, 0) is 36.8 Å². The van der Waals surface area contributed by atoms with Crippen LogP contribution in [0.2, 0.25) is 0 Å². The predicted molar refractivity (Wildman–Crippen MR) is 79.9 cm³/mol. The van der Waals surface area contributed by atoms with Gasteiger partial charge in [-0.1, -0.05) is 26.7 Å². The van der Waals surface area contributed by atoms with E-state index in [2.05, 4.69) is 18.6 Å². The van der Waals surface area contributed by atoms with Crippen LogP contribution >= 0.6 is 11.3 Å². The lowest BCUT2D eigenvalue weighted by atomic mass is 9.78. The zero-order valence-electron chi connectivity index (χ0n) is 11.8. The van der Waals surface area contributed by atoms with Gasteiger partial charge < -0.3 is 0 Å². The first-order valence-corrected chi connectivity index (χ1v) is 9.26. The topological polar surface area (TPSA) is 70.0 Å². The third-order valence-electron chi connectivity index (χ3n) is 3.94. The summed E-state index contributed by atoms with van der Waals surface area (Å²) in [5.74, 6) is 0.870. The SMILES string of the molecule is CC(C)C1CCCCC1NS(=O)(=O)c1ccc(C#N)s1. The van der Waals surface area contributed by atoms with Crippen molar-refractivity contribution in [3.8, 4) is 6.07 Å². The number of sulfonamides is 1. The Morgan fingerprint density at radius 2 is 2.05 bits per heavy atom. The highest BCUT2D eigenvalue weighted by Crippen LogP contribution is 2.31. The van der Waals surface area contributed by atoms with E-state index in [1.165, 1.54) is 12.5 Å². The van der Waals surface area contributed by atoms with Gasteiger partial charge in [-0.3, -0.25) is 0 Å². The Labute approximate surface area is 124 Å². The highest BCUT2D eigenvalue weighted by Gasteiger charge is 2.31. The molecule has 1 saturated carbocycles. The number of hydrogen-bond donors (Lipinski definition) is 1. The molecule has 0 amide bonds. The second-order valence-corrected chi connectivity index (χ2v) is 8.68. The normalized spacial score (nSPS) is 23.7. The van der Waals surface area contributed by atoms with Gasteiger partial charge >= 0.3 is 0 Å². The Bertz CT molecular complexity index is 599. The maximum Gasteiger partial charge on any atom is 0.250 e. The Hall–Kier alpha value is -0.900. The molecule has 1 aromatic rings. The maximum absolute atomic E-state index is 12.4. The third kappa shape index (κ3) is 3.40. The van der Waals surface area contributed by atoms with Crippen molar-refractivity contribution in [3.05, 3.63) is 17.0 Å². The molecule has 0 saturated heterocycles. The van der Waals surface area contributed by atoms with Crippen LogP contribution in [0.25, 0.3) is 0 Å². The van der Waals surface area contributed by atoms with Crippen molar-refractivity contribution < 1.29 is 8.42 Å². The van der Waals surface area contributed by atoms with Gasteiger partial charge in [0.2, 0.25) is 10.0 Å². The summed E-state index contributed by atoms with van der Waals surface area (Å²) in [6.07, 6.45) is 4.24. The van der Waals surface area contributed by atoms with Gasteiger partial charge in [0.15, 0.2) is 0 Å². The van der Waals surface area contributed by atoms with Crippen LogP contribution in [-0.4, -0.2) is 14.5 Å². The molecule has 0 bridgehead atoms. The molecule has 2 atom stereocenters. The molecule has 20 heavy (non-hydrogen) atoms. The first-order chi connectivity index (χ1) is 9.44. The number of nitrogens with zero attached hydrogens (tertiary/aromatic N) is 1. The lowest BCUT2D eigenvalue weighted by Gasteiger charge is -2.34. The smallest absolute Gasteiger partial charge is 0.207 e. The standard InChI is InChI=1S/C14H20N2O2S2/c1-10(2)12-5-3-4-6-13(12)16-20(17,18)14-8-7-11(9-15)19-14/h7-8,10,12-13,16H,3-6H2,1-2H3. The molecule has 6 heteroatoms. The van der Waals surface area contributed by atoms with Crippen molar-refractivity contribution in [2.24, 2.45) is 11.8 Å². The van der Waals surface area contributed by atoms with Gasteiger partial charge in [-0.15, -0.1) is 11.3 Å². The first kappa shape index (κ1) is 15.5. The summed E-state index contributed by atoms with van der Waals surface area (Å²) in [4.78, 5) is 0.425. The van der Waals surface area contributed by atoms with E-state index in [1.54, 1.807) is 6.07 Å². The summed E-state index contributed by atoms with van der Waals surface area (Å²) < 4.78 is 27.9. The molecule has 1 aliphatic rings. The van der Waals surface area contributed by atoms with Crippen molar-refractivity contribution in [1.29, 1.82) is 5.26 Å². The molecule has 1 heterocycles. The van der Waals surface area contributed by atoms with Crippen LogP contribution in [0.15, 0.2) is 16.3 Å². The zero-order chi connectivity index (χ0) is 14.8. The molecular weight excluding hydrogens is 292 g/mol. The predicted octanol–water partition coefficient (Wildman–Crippen LogP) is 3.11. The molecule has 1 fully saturated rings. The number of thiophene rings is 1. The average Bonchev–Trinajstić information content (AvgIpc) is 2.88. The highest BCUT2D eigenvalue weighted by atomic mass is 32.2. The molecule has 0 aromatic carbocycles. The van der Waals surface area contributed by atoms with E-state index in [-0.39, 0.29) is 10.3 Å².